The molecule has 1 aliphatic heterocycles. The van der Waals surface area contributed by atoms with Gasteiger partial charge in [0.2, 0.25) is 6.10 Å². The normalized spacial score (nSPS) is 17.2. The summed E-state index contributed by atoms with van der Waals surface area (Å²) >= 11 is 1.56. The second-order valence-electron chi connectivity index (χ2n) is 5.97. The van der Waals surface area contributed by atoms with Crippen LogP contribution in [-0.4, -0.2) is 27.7 Å². The summed E-state index contributed by atoms with van der Waals surface area (Å²) in [5.74, 6) is 1.03. The Bertz CT molecular complexity index is 962. The number of benzene rings is 1. The number of thiazole rings is 1. The van der Waals surface area contributed by atoms with Crippen molar-refractivity contribution in [1.29, 1.82) is 0 Å². The predicted octanol–water partition coefficient (Wildman–Crippen LogP) is 3.82. The Morgan fingerprint density at radius 2 is 2.00 bits per heavy atom. The average Bonchev–Trinajstić information content (AvgIpc) is 3.31. The molecule has 1 atom stereocenters. The van der Waals surface area contributed by atoms with E-state index in [1.54, 1.807) is 29.4 Å². The Labute approximate surface area is 154 Å². The van der Waals surface area contributed by atoms with Gasteiger partial charge in [0.15, 0.2) is 5.84 Å². The van der Waals surface area contributed by atoms with Gasteiger partial charge in [-0.3, -0.25) is 9.69 Å². The topological polar surface area (TPSA) is 67.9 Å². The molecule has 26 heavy (non-hydrogen) atoms. The third-order valence-electron chi connectivity index (χ3n) is 4.11. The number of rotatable bonds is 4. The van der Waals surface area contributed by atoms with Gasteiger partial charge in [-0.2, -0.15) is 0 Å². The van der Waals surface area contributed by atoms with Crippen LogP contribution in [0.25, 0.3) is 11.3 Å². The zero-order valence-electron chi connectivity index (χ0n) is 14.4. The van der Waals surface area contributed by atoms with Crippen molar-refractivity contribution in [3.05, 3.63) is 64.3 Å². The zero-order valence-corrected chi connectivity index (χ0v) is 15.2. The molecular formula is C19H17N3O3S. The number of amides is 1. The van der Waals surface area contributed by atoms with Gasteiger partial charge < -0.3 is 9.25 Å². The molecule has 2 aromatic heterocycles. The minimum Gasteiger partial charge on any atom is -0.464 e. The molecule has 0 radical (unpaired) electrons. The lowest BCUT2D eigenvalue weighted by Crippen LogP contribution is -2.46. The number of aromatic nitrogens is 1. The van der Waals surface area contributed by atoms with E-state index in [9.17, 15) is 4.79 Å². The summed E-state index contributed by atoms with van der Waals surface area (Å²) in [5, 5.41) is 7.16. The van der Waals surface area contributed by atoms with Gasteiger partial charge in [-0.25, -0.2) is 4.98 Å². The molecule has 0 aliphatic carbocycles. The van der Waals surface area contributed by atoms with Crippen molar-refractivity contribution in [2.24, 2.45) is 5.16 Å². The van der Waals surface area contributed by atoms with Crippen LogP contribution in [0.1, 0.15) is 23.2 Å². The Balaban J connectivity index is 1.77. The molecule has 0 spiro atoms. The highest BCUT2D eigenvalue weighted by atomic mass is 32.1. The van der Waals surface area contributed by atoms with E-state index in [0.29, 0.717) is 18.1 Å². The first-order valence-electron chi connectivity index (χ1n) is 8.23. The molecule has 4 rings (SSSR count). The lowest BCUT2D eigenvalue weighted by atomic mass is 10.0. The summed E-state index contributed by atoms with van der Waals surface area (Å²) in [4.78, 5) is 24.2. The quantitative estimate of drug-likeness (QED) is 0.703. The summed E-state index contributed by atoms with van der Waals surface area (Å²) in [6.45, 7) is 3.99. The number of hydrogen-bond acceptors (Lipinski definition) is 6. The first kappa shape index (κ1) is 16.5. The number of carbonyl (C=O) groups excluding carboxylic acids is 1. The van der Waals surface area contributed by atoms with Gasteiger partial charge in [-0.05, 0) is 26.0 Å². The monoisotopic (exact) mass is 367 g/mol. The number of carbonyl (C=O) groups is 1. The van der Waals surface area contributed by atoms with Crippen molar-refractivity contribution in [3.8, 4) is 11.3 Å². The van der Waals surface area contributed by atoms with E-state index in [1.165, 1.54) is 0 Å². The molecule has 1 unspecified atom stereocenters. The molecule has 132 valence electrons. The van der Waals surface area contributed by atoms with Gasteiger partial charge in [0.1, 0.15) is 5.76 Å². The van der Waals surface area contributed by atoms with Crippen LogP contribution in [0, 0.1) is 6.92 Å². The summed E-state index contributed by atoms with van der Waals surface area (Å²) in [6.07, 6.45) is 0.989. The summed E-state index contributed by atoms with van der Waals surface area (Å²) in [6, 6.07) is 11.4. The molecule has 1 amide bonds. The molecule has 3 aromatic rings. The number of aryl methyl sites for hydroxylation is 1. The first-order chi connectivity index (χ1) is 12.6. The Morgan fingerprint density at radius 1 is 1.19 bits per heavy atom. The third kappa shape index (κ3) is 3.01. The van der Waals surface area contributed by atoms with Crippen molar-refractivity contribution >= 4 is 23.1 Å². The molecule has 0 bridgehead atoms. The van der Waals surface area contributed by atoms with Gasteiger partial charge in [-0.1, -0.05) is 29.4 Å². The Morgan fingerprint density at radius 3 is 2.69 bits per heavy atom. The number of nitrogens with zero attached hydrogens (tertiary/aromatic N) is 3. The van der Waals surface area contributed by atoms with Crippen LogP contribution >= 0.6 is 11.3 Å². The highest BCUT2D eigenvalue weighted by molar-refractivity contribution is 7.09. The van der Waals surface area contributed by atoms with E-state index < -0.39 is 6.10 Å². The molecule has 0 N–H and O–H groups in total. The maximum absolute atomic E-state index is 12.8. The van der Waals surface area contributed by atoms with E-state index in [-0.39, 0.29) is 5.91 Å². The second kappa shape index (κ2) is 6.76. The molecule has 6 nitrogen and oxygen atoms in total. The largest absolute Gasteiger partial charge is 0.464 e. The maximum Gasteiger partial charge on any atom is 0.272 e. The standard InChI is InChI=1S/C19H17N3O3S/c1-12-19(23)22(10-14-11-26-13(2)20-14)18(21-25-12)16-7-4-3-6-15(16)17-8-5-9-24-17/h3-9,11-12H,10H2,1-2H3. The van der Waals surface area contributed by atoms with Gasteiger partial charge in [-0.15, -0.1) is 11.3 Å². The maximum atomic E-state index is 12.8. The van der Waals surface area contributed by atoms with Crippen LogP contribution in [0.4, 0.5) is 0 Å². The minimum absolute atomic E-state index is 0.144. The van der Waals surface area contributed by atoms with Crippen molar-refractivity contribution in [3.63, 3.8) is 0 Å². The molecule has 1 aliphatic rings. The third-order valence-corrected chi connectivity index (χ3v) is 4.93. The Kier molecular flexibility index (Phi) is 4.30. The fraction of sp³-hybridized carbons (Fsp3) is 0.211. The van der Waals surface area contributed by atoms with Crippen LogP contribution in [0.5, 0.6) is 0 Å². The fourth-order valence-corrected chi connectivity index (χ4v) is 3.47. The van der Waals surface area contributed by atoms with E-state index in [1.807, 2.05) is 48.7 Å². The number of hydrogen-bond donors (Lipinski definition) is 0. The highest BCUT2D eigenvalue weighted by Crippen LogP contribution is 2.28. The molecule has 3 heterocycles. The summed E-state index contributed by atoms with van der Waals surface area (Å²) < 4.78 is 5.55. The van der Waals surface area contributed by atoms with Crippen molar-refractivity contribution < 1.29 is 14.0 Å². The van der Waals surface area contributed by atoms with Crippen LogP contribution in [0.2, 0.25) is 0 Å². The van der Waals surface area contributed by atoms with E-state index in [0.717, 1.165) is 21.8 Å². The van der Waals surface area contributed by atoms with Crippen LogP contribution in [-0.2, 0) is 16.2 Å². The van der Waals surface area contributed by atoms with Crippen molar-refractivity contribution in [1.82, 2.24) is 9.88 Å². The fourth-order valence-electron chi connectivity index (χ4n) is 2.86. The molecule has 1 aromatic carbocycles. The van der Waals surface area contributed by atoms with Crippen LogP contribution in [0.3, 0.4) is 0 Å². The smallest absolute Gasteiger partial charge is 0.272 e. The van der Waals surface area contributed by atoms with E-state index in [4.69, 9.17) is 9.25 Å². The summed E-state index contributed by atoms with van der Waals surface area (Å²) in [5.41, 5.74) is 2.45. The molecule has 0 fully saturated rings. The highest BCUT2D eigenvalue weighted by Gasteiger charge is 2.33. The van der Waals surface area contributed by atoms with Gasteiger partial charge >= 0.3 is 0 Å². The second-order valence-corrected chi connectivity index (χ2v) is 7.03. The molecular weight excluding hydrogens is 350 g/mol. The van der Waals surface area contributed by atoms with E-state index in [2.05, 4.69) is 10.1 Å². The number of furan rings is 1. The predicted molar refractivity (Wildman–Crippen MR) is 98.6 cm³/mol. The Hall–Kier alpha value is -2.93. The van der Waals surface area contributed by atoms with E-state index >= 15 is 0 Å². The zero-order chi connectivity index (χ0) is 18.1. The number of amidine groups is 1. The lowest BCUT2D eigenvalue weighted by molar-refractivity contribution is -0.142. The van der Waals surface area contributed by atoms with Crippen LogP contribution < -0.4 is 0 Å². The van der Waals surface area contributed by atoms with Crippen molar-refractivity contribution in [2.45, 2.75) is 26.5 Å². The van der Waals surface area contributed by atoms with Gasteiger partial charge in [0.05, 0.1) is 23.5 Å². The first-order valence-corrected chi connectivity index (χ1v) is 9.11. The summed E-state index contributed by atoms with van der Waals surface area (Å²) in [7, 11) is 0. The van der Waals surface area contributed by atoms with Crippen LogP contribution in [0.15, 0.2) is 57.6 Å². The lowest BCUT2D eigenvalue weighted by Gasteiger charge is -2.30. The van der Waals surface area contributed by atoms with Gasteiger partial charge in [0.25, 0.3) is 5.91 Å². The van der Waals surface area contributed by atoms with Gasteiger partial charge in [0, 0.05) is 16.5 Å². The van der Waals surface area contributed by atoms with Crippen molar-refractivity contribution in [2.75, 3.05) is 0 Å². The SMILES string of the molecule is Cc1nc(CN2C(=O)C(C)ON=C2c2ccccc2-c2ccco2)cs1. The average molecular weight is 367 g/mol. The molecule has 0 saturated carbocycles. The minimum atomic E-state index is -0.630. The number of oxime groups is 1. The molecule has 7 heteroatoms. The molecule has 0 saturated heterocycles.